The van der Waals surface area contributed by atoms with Gasteiger partial charge in [-0.15, -0.1) is 0 Å². The number of hydrogen-bond donors (Lipinski definition) is 0. The maximum atomic E-state index is 12.1. The van der Waals surface area contributed by atoms with Crippen molar-refractivity contribution in [2.75, 3.05) is 18.4 Å². The summed E-state index contributed by atoms with van der Waals surface area (Å²) in [7, 11) is 1.85. The maximum Gasteiger partial charge on any atom is 0.272 e. The van der Waals surface area contributed by atoms with Crippen LogP contribution in [0.3, 0.4) is 0 Å². The molecule has 1 aromatic heterocycles. The van der Waals surface area contributed by atoms with Gasteiger partial charge in [0.25, 0.3) is 5.91 Å². The molecule has 4 nitrogen and oxygen atoms in total. The molecule has 1 saturated heterocycles. The molecule has 1 aliphatic rings. The minimum atomic E-state index is 0.108. The number of carbonyl (C=O) groups excluding carboxylic acids is 1. The maximum absolute atomic E-state index is 12.1. The van der Waals surface area contributed by atoms with Crippen LogP contribution >= 0.6 is 15.9 Å². The number of likely N-dealkylation sites (tertiary alicyclic amines) is 1. The first kappa shape index (κ1) is 11.6. The third-order valence-electron chi connectivity index (χ3n) is 3.13. The molecule has 1 atom stereocenters. The average Bonchev–Trinajstić information content (AvgIpc) is 2.87. The SMILES string of the molecule is Cn1cncc1C(=O)N1CCC(CCBr)C1. The molecule has 0 N–H and O–H groups in total. The number of halogens is 1. The van der Waals surface area contributed by atoms with Crippen molar-refractivity contribution in [1.29, 1.82) is 0 Å². The molecule has 1 fully saturated rings. The summed E-state index contributed by atoms with van der Waals surface area (Å²) in [6.45, 7) is 1.76. The monoisotopic (exact) mass is 285 g/mol. The highest BCUT2D eigenvalue weighted by Crippen LogP contribution is 2.21. The molecule has 0 aliphatic carbocycles. The number of alkyl halides is 1. The summed E-state index contributed by atoms with van der Waals surface area (Å²) < 4.78 is 1.78. The van der Waals surface area contributed by atoms with Crippen molar-refractivity contribution in [2.24, 2.45) is 13.0 Å². The number of hydrogen-bond acceptors (Lipinski definition) is 2. The van der Waals surface area contributed by atoms with Crippen LogP contribution in [-0.4, -0.2) is 38.8 Å². The molecule has 0 spiro atoms. The Labute approximate surface area is 104 Å². The summed E-state index contributed by atoms with van der Waals surface area (Å²) in [5.74, 6) is 0.758. The standard InChI is InChI=1S/C11H16BrN3O/c1-14-8-13-6-10(14)11(16)15-5-3-9(7-15)2-4-12/h6,8-9H,2-5,7H2,1H3. The smallest absolute Gasteiger partial charge is 0.272 e. The molecule has 1 amide bonds. The van der Waals surface area contributed by atoms with Crippen LogP contribution in [0.15, 0.2) is 12.5 Å². The van der Waals surface area contributed by atoms with Gasteiger partial charge in [-0.1, -0.05) is 15.9 Å². The lowest BCUT2D eigenvalue weighted by Crippen LogP contribution is -2.30. The average molecular weight is 286 g/mol. The van der Waals surface area contributed by atoms with Crippen molar-refractivity contribution < 1.29 is 4.79 Å². The third-order valence-corrected chi connectivity index (χ3v) is 3.58. The van der Waals surface area contributed by atoms with E-state index in [-0.39, 0.29) is 5.91 Å². The highest BCUT2D eigenvalue weighted by Gasteiger charge is 2.27. The summed E-state index contributed by atoms with van der Waals surface area (Å²) in [5.41, 5.74) is 0.680. The first-order valence-corrected chi connectivity index (χ1v) is 6.66. The predicted octanol–water partition coefficient (Wildman–Crippen LogP) is 1.67. The number of aryl methyl sites for hydroxylation is 1. The zero-order chi connectivity index (χ0) is 11.5. The molecule has 2 heterocycles. The van der Waals surface area contributed by atoms with Crippen LogP contribution in [0.25, 0.3) is 0 Å². The van der Waals surface area contributed by atoms with Gasteiger partial charge in [-0.25, -0.2) is 4.98 Å². The lowest BCUT2D eigenvalue weighted by molar-refractivity contribution is 0.0777. The molecule has 5 heteroatoms. The summed E-state index contributed by atoms with van der Waals surface area (Å²) in [5, 5.41) is 1.02. The van der Waals surface area contributed by atoms with Gasteiger partial charge in [-0.2, -0.15) is 0 Å². The van der Waals surface area contributed by atoms with E-state index >= 15 is 0 Å². The van der Waals surface area contributed by atoms with E-state index in [4.69, 9.17) is 0 Å². The topological polar surface area (TPSA) is 38.1 Å². The number of aromatic nitrogens is 2. The first-order valence-electron chi connectivity index (χ1n) is 5.54. The fourth-order valence-corrected chi connectivity index (χ4v) is 2.78. The molecule has 0 saturated carbocycles. The van der Waals surface area contributed by atoms with Crippen LogP contribution < -0.4 is 0 Å². The molecule has 0 radical (unpaired) electrons. The summed E-state index contributed by atoms with van der Waals surface area (Å²) >= 11 is 3.45. The van der Waals surface area contributed by atoms with Gasteiger partial charge < -0.3 is 9.47 Å². The zero-order valence-corrected chi connectivity index (χ0v) is 11.0. The minimum Gasteiger partial charge on any atom is -0.337 e. The van der Waals surface area contributed by atoms with Crippen LogP contribution in [0, 0.1) is 5.92 Å². The fourth-order valence-electron chi connectivity index (χ4n) is 2.13. The number of nitrogens with zero attached hydrogens (tertiary/aromatic N) is 3. The van der Waals surface area contributed by atoms with Crippen molar-refractivity contribution in [2.45, 2.75) is 12.8 Å². The van der Waals surface area contributed by atoms with Crippen LogP contribution in [-0.2, 0) is 7.05 Å². The van der Waals surface area contributed by atoms with Crippen molar-refractivity contribution in [3.63, 3.8) is 0 Å². The summed E-state index contributed by atoms with van der Waals surface area (Å²) in [6, 6.07) is 0. The summed E-state index contributed by atoms with van der Waals surface area (Å²) in [4.78, 5) is 18.0. The number of imidazole rings is 1. The number of amides is 1. The van der Waals surface area contributed by atoms with E-state index in [1.165, 1.54) is 0 Å². The van der Waals surface area contributed by atoms with Gasteiger partial charge in [-0.3, -0.25) is 4.79 Å². The molecular formula is C11H16BrN3O. The molecule has 2 rings (SSSR count). The second-order valence-electron chi connectivity index (χ2n) is 4.27. The Morgan fingerprint density at radius 3 is 3.12 bits per heavy atom. The molecule has 1 aromatic rings. The van der Waals surface area contributed by atoms with Gasteiger partial charge in [-0.05, 0) is 18.8 Å². The van der Waals surface area contributed by atoms with Crippen molar-refractivity contribution in [3.8, 4) is 0 Å². The molecule has 0 bridgehead atoms. The second kappa shape index (κ2) is 4.99. The van der Waals surface area contributed by atoms with Gasteiger partial charge in [0.2, 0.25) is 0 Å². The second-order valence-corrected chi connectivity index (χ2v) is 5.07. The van der Waals surface area contributed by atoms with Gasteiger partial charge in [0, 0.05) is 25.5 Å². The van der Waals surface area contributed by atoms with Crippen LogP contribution in [0.4, 0.5) is 0 Å². The Hall–Kier alpha value is -0.840. The van der Waals surface area contributed by atoms with Crippen molar-refractivity contribution in [1.82, 2.24) is 14.5 Å². The van der Waals surface area contributed by atoms with Crippen molar-refractivity contribution in [3.05, 3.63) is 18.2 Å². The van der Waals surface area contributed by atoms with Gasteiger partial charge in [0.1, 0.15) is 5.69 Å². The van der Waals surface area contributed by atoms with Gasteiger partial charge in [0.15, 0.2) is 0 Å². The predicted molar refractivity (Wildman–Crippen MR) is 65.6 cm³/mol. The highest BCUT2D eigenvalue weighted by molar-refractivity contribution is 9.09. The van der Waals surface area contributed by atoms with E-state index in [0.29, 0.717) is 11.6 Å². The Kier molecular flexibility index (Phi) is 3.63. The normalized spacial score (nSPS) is 20.4. The van der Waals surface area contributed by atoms with Crippen LogP contribution in [0.2, 0.25) is 0 Å². The molecule has 1 unspecified atom stereocenters. The Morgan fingerprint density at radius 2 is 2.50 bits per heavy atom. The largest absolute Gasteiger partial charge is 0.337 e. The third kappa shape index (κ3) is 2.29. The minimum absolute atomic E-state index is 0.108. The molecule has 88 valence electrons. The highest BCUT2D eigenvalue weighted by atomic mass is 79.9. The Morgan fingerprint density at radius 1 is 1.69 bits per heavy atom. The molecule has 1 aliphatic heterocycles. The van der Waals surface area contributed by atoms with Crippen LogP contribution in [0.1, 0.15) is 23.3 Å². The van der Waals surface area contributed by atoms with Gasteiger partial charge >= 0.3 is 0 Å². The van der Waals surface area contributed by atoms with Crippen LogP contribution in [0.5, 0.6) is 0 Å². The van der Waals surface area contributed by atoms with E-state index in [1.54, 1.807) is 17.1 Å². The molecule has 0 aromatic carbocycles. The lowest BCUT2D eigenvalue weighted by atomic mass is 10.1. The van der Waals surface area contributed by atoms with E-state index in [9.17, 15) is 4.79 Å². The van der Waals surface area contributed by atoms with E-state index < -0.39 is 0 Å². The first-order chi connectivity index (χ1) is 7.72. The molecular weight excluding hydrogens is 270 g/mol. The molecule has 16 heavy (non-hydrogen) atoms. The number of rotatable bonds is 3. The van der Waals surface area contributed by atoms with Gasteiger partial charge in [0.05, 0.1) is 12.5 Å². The lowest BCUT2D eigenvalue weighted by Gasteiger charge is -2.16. The van der Waals surface area contributed by atoms with E-state index in [2.05, 4.69) is 20.9 Å². The van der Waals surface area contributed by atoms with Crippen molar-refractivity contribution >= 4 is 21.8 Å². The Bertz CT molecular complexity index is 377. The summed E-state index contributed by atoms with van der Waals surface area (Å²) in [6.07, 6.45) is 5.57. The zero-order valence-electron chi connectivity index (χ0n) is 9.40. The fraction of sp³-hybridized carbons (Fsp3) is 0.636. The van der Waals surface area contributed by atoms with E-state index in [0.717, 1.165) is 31.3 Å². The quantitative estimate of drug-likeness (QED) is 0.793. The number of carbonyl (C=O) groups is 1. The Balaban J connectivity index is 2.00. The van der Waals surface area contributed by atoms with E-state index in [1.807, 2.05) is 11.9 Å².